The molecule has 0 aliphatic heterocycles. The van der Waals surface area contributed by atoms with Crippen molar-refractivity contribution in [2.45, 2.75) is 6.92 Å². The molecule has 22 heavy (non-hydrogen) atoms. The predicted octanol–water partition coefficient (Wildman–Crippen LogP) is 3.71. The topological polar surface area (TPSA) is 53.0 Å². The molecule has 0 unspecified atom stereocenters. The first-order valence-electron chi connectivity index (χ1n) is 6.65. The molecule has 0 saturated carbocycles. The molecule has 0 amide bonds. The van der Waals surface area contributed by atoms with Gasteiger partial charge in [-0.25, -0.2) is 4.98 Å². The number of rotatable bonds is 4. The molecule has 0 radical (unpaired) electrons. The molecule has 0 fully saturated rings. The van der Waals surface area contributed by atoms with Crippen LogP contribution in [0.2, 0.25) is 0 Å². The van der Waals surface area contributed by atoms with Crippen molar-refractivity contribution in [1.29, 1.82) is 0 Å². The van der Waals surface area contributed by atoms with Crippen LogP contribution in [0.15, 0.2) is 42.5 Å². The van der Waals surface area contributed by atoms with Gasteiger partial charge >= 0.3 is 0 Å². The molecule has 0 spiro atoms. The normalized spacial score (nSPS) is 11.1. The maximum Gasteiger partial charge on any atom is 0.117 e. The van der Waals surface area contributed by atoms with Crippen LogP contribution >= 0.6 is 22.7 Å². The largest absolute Gasteiger partial charge is 0.544 e. The van der Waals surface area contributed by atoms with E-state index < -0.39 is 5.97 Å². The molecule has 0 bridgehead atoms. The van der Waals surface area contributed by atoms with Crippen LogP contribution in [0.5, 0.6) is 0 Å². The monoisotopic (exact) mass is 326 g/mol. The second kappa shape index (κ2) is 6.25. The summed E-state index contributed by atoms with van der Waals surface area (Å²) in [6.07, 6.45) is 3.79. The fourth-order valence-electron chi connectivity index (χ4n) is 2.03. The van der Waals surface area contributed by atoms with E-state index in [1.165, 1.54) is 4.88 Å². The number of aromatic nitrogens is 1. The molecule has 3 nitrogen and oxygen atoms in total. The summed E-state index contributed by atoms with van der Waals surface area (Å²) in [5, 5.41) is 12.0. The van der Waals surface area contributed by atoms with Crippen LogP contribution in [0, 0.1) is 6.92 Å². The third kappa shape index (κ3) is 3.16. The van der Waals surface area contributed by atoms with Crippen molar-refractivity contribution >= 4 is 40.8 Å². The van der Waals surface area contributed by atoms with E-state index in [1.54, 1.807) is 11.3 Å². The van der Waals surface area contributed by atoms with E-state index in [1.807, 2.05) is 61.5 Å². The first kappa shape index (κ1) is 14.7. The Bertz CT molecular complexity index is 831. The van der Waals surface area contributed by atoms with Gasteiger partial charge in [-0.1, -0.05) is 30.3 Å². The molecule has 0 aliphatic rings. The zero-order valence-electron chi connectivity index (χ0n) is 11.8. The van der Waals surface area contributed by atoms with Crippen LogP contribution in [0.1, 0.15) is 24.4 Å². The van der Waals surface area contributed by atoms with E-state index in [4.69, 9.17) is 0 Å². The Morgan fingerprint density at radius 3 is 2.50 bits per heavy atom. The number of nitrogens with zero attached hydrogens (tertiary/aromatic N) is 1. The highest BCUT2D eigenvalue weighted by molar-refractivity contribution is 7.15. The highest BCUT2D eigenvalue weighted by Gasteiger charge is 2.12. The number of thiophene rings is 1. The highest BCUT2D eigenvalue weighted by Crippen LogP contribution is 2.29. The van der Waals surface area contributed by atoms with Gasteiger partial charge in [-0.2, -0.15) is 0 Å². The van der Waals surface area contributed by atoms with E-state index >= 15 is 0 Å². The minimum atomic E-state index is -1.19. The standard InChI is InChI=1S/C17H13NO2S2/c1-11-7-8-13(21-11)9-10-14-18-15(16(22-14)17(19)20)12-5-3-2-4-6-12/h2-10H,1H3,(H,19,20)/p-1/b10-9+. The molecular weight excluding hydrogens is 314 g/mol. The summed E-state index contributed by atoms with van der Waals surface area (Å²) in [4.78, 5) is 18.3. The maximum absolute atomic E-state index is 11.3. The number of carbonyl (C=O) groups excluding carboxylic acids is 1. The van der Waals surface area contributed by atoms with Gasteiger partial charge < -0.3 is 9.90 Å². The molecule has 2 aromatic heterocycles. The minimum Gasteiger partial charge on any atom is -0.544 e. The zero-order valence-corrected chi connectivity index (χ0v) is 13.4. The average Bonchev–Trinajstić information content (AvgIpc) is 3.12. The van der Waals surface area contributed by atoms with E-state index in [0.717, 1.165) is 21.8 Å². The van der Waals surface area contributed by atoms with Gasteiger partial charge in [-0.05, 0) is 31.2 Å². The van der Waals surface area contributed by atoms with E-state index in [9.17, 15) is 9.90 Å². The number of carbonyl (C=O) groups is 1. The molecule has 2 heterocycles. The number of aromatic carboxylic acids is 1. The van der Waals surface area contributed by atoms with E-state index in [0.29, 0.717) is 10.7 Å². The third-order valence-electron chi connectivity index (χ3n) is 3.03. The summed E-state index contributed by atoms with van der Waals surface area (Å²) < 4.78 is 0. The van der Waals surface area contributed by atoms with Crippen LogP contribution in [-0.4, -0.2) is 11.0 Å². The smallest absolute Gasteiger partial charge is 0.117 e. The fraction of sp³-hybridized carbons (Fsp3) is 0.0588. The molecule has 0 saturated heterocycles. The van der Waals surface area contributed by atoms with Gasteiger partial charge in [0.05, 0.1) is 16.5 Å². The van der Waals surface area contributed by atoms with Gasteiger partial charge in [0.25, 0.3) is 0 Å². The van der Waals surface area contributed by atoms with Crippen LogP contribution in [0.4, 0.5) is 0 Å². The Kier molecular flexibility index (Phi) is 4.18. The van der Waals surface area contributed by atoms with Gasteiger partial charge in [-0.15, -0.1) is 22.7 Å². The molecule has 5 heteroatoms. The molecule has 0 atom stereocenters. The summed E-state index contributed by atoms with van der Waals surface area (Å²) in [5.74, 6) is -1.19. The number of carboxylic acids is 1. The SMILES string of the molecule is Cc1ccc(/C=C/c2nc(-c3ccccc3)c(C(=O)[O-])s2)s1. The Labute approximate surface area is 136 Å². The van der Waals surface area contributed by atoms with Crippen molar-refractivity contribution in [3.8, 4) is 11.3 Å². The second-order valence-corrected chi connectivity index (χ2v) is 7.02. The van der Waals surface area contributed by atoms with Crippen molar-refractivity contribution in [2.75, 3.05) is 0 Å². The minimum absolute atomic E-state index is 0.160. The van der Waals surface area contributed by atoms with Crippen molar-refractivity contribution in [1.82, 2.24) is 4.98 Å². The Balaban J connectivity index is 1.97. The Hall–Kier alpha value is -2.24. The van der Waals surface area contributed by atoms with Crippen LogP contribution in [0.3, 0.4) is 0 Å². The van der Waals surface area contributed by atoms with Crippen molar-refractivity contribution in [3.05, 3.63) is 62.1 Å². The lowest BCUT2D eigenvalue weighted by Crippen LogP contribution is -2.21. The number of hydrogen-bond acceptors (Lipinski definition) is 5. The van der Waals surface area contributed by atoms with Gasteiger partial charge in [0.15, 0.2) is 0 Å². The van der Waals surface area contributed by atoms with Crippen molar-refractivity contribution in [2.24, 2.45) is 0 Å². The molecule has 1 aromatic carbocycles. The Morgan fingerprint density at radius 1 is 1.09 bits per heavy atom. The number of aryl methyl sites for hydroxylation is 1. The van der Waals surface area contributed by atoms with Crippen LogP contribution in [0.25, 0.3) is 23.4 Å². The van der Waals surface area contributed by atoms with Crippen molar-refractivity contribution < 1.29 is 9.90 Å². The lowest BCUT2D eigenvalue weighted by molar-refractivity contribution is -0.254. The number of thiazole rings is 1. The van der Waals surface area contributed by atoms with Crippen LogP contribution < -0.4 is 5.11 Å². The van der Waals surface area contributed by atoms with E-state index in [2.05, 4.69) is 4.98 Å². The number of benzene rings is 1. The molecule has 3 aromatic rings. The average molecular weight is 326 g/mol. The summed E-state index contributed by atoms with van der Waals surface area (Å²) in [6, 6.07) is 13.4. The quantitative estimate of drug-likeness (QED) is 0.734. The summed E-state index contributed by atoms with van der Waals surface area (Å²) >= 11 is 2.82. The highest BCUT2D eigenvalue weighted by atomic mass is 32.1. The molecule has 3 rings (SSSR count). The van der Waals surface area contributed by atoms with Crippen LogP contribution in [-0.2, 0) is 0 Å². The van der Waals surface area contributed by atoms with Gasteiger partial charge in [0.1, 0.15) is 5.01 Å². The van der Waals surface area contributed by atoms with E-state index in [-0.39, 0.29) is 4.88 Å². The molecule has 0 N–H and O–H groups in total. The van der Waals surface area contributed by atoms with Crippen molar-refractivity contribution in [3.63, 3.8) is 0 Å². The maximum atomic E-state index is 11.3. The summed E-state index contributed by atoms with van der Waals surface area (Å²) in [6.45, 7) is 2.05. The molecule has 0 aliphatic carbocycles. The predicted molar refractivity (Wildman–Crippen MR) is 89.9 cm³/mol. The summed E-state index contributed by atoms with van der Waals surface area (Å²) in [7, 11) is 0. The second-order valence-electron chi connectivity index (χ2n) is 4.67. The lowest BCUT2D eigenvalue weighted by Gasteiger charge is -2.01. The Morgan fingerprint density at radius 2 is 1.86 bits per heavy atom. The lowest BCUT2D eigenvalue weighted by atomic mass is 10.1. The zero-order chi connectivity index (χ0) is 15.5. The third-order valence-corrected chi connectivity index (χ3v) is 4.99. The first-order chi connectivity index (χ1) is 10.6. The number of carboxylic acid groups (broad SMARTS) is 1. The first-order valence-corrected chi connectivity index (χ1v) is 8.29. The van der Waals surface area contributed by atoms with Gasteiger partial charge in [0, 0.05) is 15.3 Å². The molecule has 110 valence electrons. The summed E-state index contributed by atoms with van der Waals surface area (Å²) in [5.41, 5.74) is 1.25. The van der Waals surface area contributed by atoms with Gasteiger partial charge in [0.2, 0.25) is 0 Å². The molecular formula is C17H12NO2S2-. The number of hydrogen-bond donors (Lipinski definition) is 0. The van der Waals surface area contributed by atoms with Gasteiger partial charge in [-0.3, -0.25) is 0 Å². The fourth-order valence-corrected chi connectivity index (χ4v) is 3.64.